The fourth-order valence-electron chi connectivity index (χ4n) is 3.38. The number of imidazole rings is 1. The van der Waals surface area contributed by atoms with Gasteiger partial charge in [-0.05, 0) is 24.6 Å². The highest BCUT2D eigenvalue weighted by atomic mass is 35.5. The van der Waals surface area contributed by atoms with Gasteiger partial charge in [0.05, 0.1) is 23.0 Å². The van der Waals surface area contributed by atoms with Gasteiger partial charge in [-0.1, -0.05) is 23.7 Å². The van der Waals surface area contributed by atoms with Crippen LogP contribution in [-0.4, -0.2) is 41.4 Å². The van der Waals surface area contributed by atoms with Gasteiger partial charge in [-0.2, -0.15) is 9.78 Å². The summed E-state index contributed by atoms with van der Waals surface area (Å²) in [7, 11) is 0. The highest BCUT2D eigenvalue weighted by Crippen LogP contribution is 2.44. The quantitative estimate of drug-likeness (QED) is 0.525. The molecule has 0 fully saturated rings. The van der Waals surface area contributed by atoms with Crippen LogP contribution >= 0.6 is 23.4 Å². The maximum atomic E-state index is 12.4. The van der Waals surface area contributed by atoms with E-state index < -0.39 is 0 Å². The largest absolute Gasteiger partial charge is 0.340 e. The molecule has 1 atom stereocenters. The summed E-state index contributed by atoms with van der Waals surface area (Å²) in [5, 5.41) is 8.25. The molecule has 1 aliphatic rings. The Morgan fingerprint density at radius 2 is 2.18 bits per heavy atom. The molecule has 0 saturated carbocycles. The third-order valence-electron chi connectivity index (χ3n) is 4.56. The van der Waals surface area contributed by atoms with Gasteiger partial charge in [0.1, 0.15) is 17.7 Å². The Hall–Kier alpha value is -2.91. The van der Waals surface area contributed by atoms with E-state index in [1.807, 2.05) is 31.2 Å². The van der Waals surface area contributed by atoms with Crippen LogP contribution < -0.4 is 5.32 Å². The molecular weight excluding hydrogens is 398 g/mol. The van der Waals surface area contributed by atoms with Crippen LogP contribution in [0.25, 0.3) is 17.0 Å². The number of carbonyl (C=O) groups is 1. The van der Waals surface area contributed by atoms with Crippen molar-refractivity contribution < 1.29 is 4.79 Å². The molecule has 5 rings (SSSR count). The molecular formula is C18H14ClN7OS. The molecule has 0 radical (unpaired) electrons. The molecule has 3 aromatic heterocycles. The maximum Gasteiger partial charge on any atom is 0.235 e. The average Bonchev–Trinajstić information content (AvgIpc) is 3.23. The molecule has 2 N–H and O–H groups in total. The number of aryl methyl sites for hydroxylation is 1. The van der Waals surface area contributed by atoms with Crippen LogP contribution in [0.2, 0.25) is 5.02 Å². The number of hydrogen-bond acceptors (Lipinski definition) is 6. The molecule has 10 heteroatoms. The molecule has 28 heavy (non-hydrogen) atoms. The number of aromatic nitrogens is 6. The summed E-state index contributed by atoms with van der Waals surface area (Å²) in [5.41, 5.74) is 3.95. The number of nitrogens with zero attached hydrogens (tertiary/aromatic N) is 5. The number of nitrogens with one attached hydrogen (secondary N) is 2. The molecule has 1 amide bonds. The third-order valence-corrected chi connectivity index (χ3v) is 6.07. The van der Waals surface area contributed by atoms with Crippen LogP contribution in [0.5, 0.6) is 0 Å². The molecule has 0 unspecified atom stereocenters. The molecule has 8 nitrogen and oxygen atoms in total. The van der Waals surface area contributed by atoms with Crippen LogP contribution in [0.3, 0.4) is 0 Å². The van der Waals surface area contributed by atoms with Gasteiger partial charge in [0, 0.05) is 10.6 Å². The lowest BCUT2D eigenvalue weighted by molar-refractivity contribution is -0.113. The van der Waals surface area contributed by atoms with Crippen LogP contribution in [0.15, 0.2) is 36.9 Å². The number of rotatable bonds is 2. The molecule has 0 saturated heterocycles. The van der Waals surface area contributed by atoms with E-state index in [1.54, 1.807) is 22.8 Å². The van der Waals surface area contributed by atoms with E-state index in [0.717, 1.165) is 16.8 Å². The number of amides is 1. The Morgan fingerprint density at radius 3 is 3.04 bits per heavy atom. The van der Waals surface area contributed by atoms with Gasteiger partial charge in [0.25, 0.3) is 0 Å². The molecule has 0 aliphatic carbocycles. The topological polar surface area (TPSA) is 101 Å². The van der Waals surface area contributed by atoms with Gasteiger partial charge < -0.3 is 10.3 Å². The Bertz CT molecular complexity index is 1220. The van der Waals surface area contributed by atoms with Crippen LogP contribution in [-0.2, 0) is 4.79 Å². The van der Waals surface area contributed by atoms with E-state index in [0.29, 0.717) is 33.6 Å². The number of fused-ring (bicyclic) bond motifs is 2. The number of benzene rings is 1. The van der Waals surface area contributed by atoms with Gasteiger partial charge in [-0.25, -0.2) is 15.0 Å². The summed E-state index contributed by atoms with van der Waals surface area (Å²) < 4.78 is 1.65. The second-order valence-corrected chi connectivity index (χ2v) is 7.88. The molecule has 1 aliphatic heterocycles. The summed E-state index contributed by atoms with van der Waals surface area (Å²) in [6, 6.07) is 7.68. The summed E-state index contributed by atoms with van der Waals surface area (Å²) >= 11 is 7.76. The standard InChI is InChI=1S/C18H14ClN7OS/c1-9-13-15(10-3-2-4-11(19)5-10)28-6-12(27)24-17(13)26(25-9)18-14-16(21-7-20-14)22-8-23-18/h2-5,7-8,15H,6H2,1H3,(H,24,27)(H,20,21,22,23)/t15-/m1/s1. The van der Waals surface area contributed by atoms with Crippen molar-refractivity contribution in [3.05, 3.63) is 58.8 Å². The fourth-order valence-corrected chi connectivity index (χ4v) is 4.76. The normalized spacial score (nSPS) is 16.6. The van der Waals surface area contributed by atoms with Gasteiger partial charge >= 0.3 is 0 Å². The van der Waals surface area contributed by atoms with Crippen molar-refractivity contribution in [3.63, 3.8) is 0 Å². The molecule has 1 aromatic carbocycles. The summed E-state index contributed by atoms with van der Waals surface area (Å²) in [4.78, 5) is 28.2. The lowest BCUT2D eigenvalue weighted by atomic mass is 10.0. The Balaban J connectivity index is 1.74. The zero-order chi connectivity index (χ0) is 19.3. The predicted molar refractivity (Wildman–Crippen MR) is 108 cm³/mol. The van der Waals surface area contributed by atoms with Gasteiger partial charge in [-0.15, -0.1) is 11.8 Å². The van der Waals surface area contributed by atoms with Crippen molar-refractivity contribution in [1.82, 2.24) is 29.7 Å². The van der Waals surface area contributed by atoms with E-state index in [4.69, 9.17) is 11.6 Å². The Morgan fingerprint density at radius 1 is 1.29 bits per heavy atom. The average molecular weight is 412 g/mol. The zero-order valence-electron chi connectivity index (χ0n) is 14.7. The van der Waals surface area contributed by atoms with E-state index >= 15 is 0 Å². The number of aromatic amines is 1. The molecule has 4 aromatic rings. The van der Waals surface area contributed by atoms with Crippen molar-refractivity contribution in [2.24, 2.45) is 0 Å². The lowest BCUT2D eigenvalue weighted by Gasteiger charge is -2.15. The van der Waals surface area contributed by atoms with Gasteiger partial charge in [0.15, 0.2) is 11.5 Å². The van der Waals surface area contributed by atoms with Crippen molar-refractivity contribution in [2.45, 2.75) is 12.2 Å². The second-order valence-electron chi connectivity index (χ2n) is 6.35. The zero-order valence-corrected chi connectivity index (χ0v) is 16.3. The van der Waals surface area contributed by atoms with E-state index in [-0.39, 0.29) is 11.2 Å². The minimum atomic E-state index is -0.0909. The Labute approximate surface area is 168 Å². The molecule has 4 heterocycles. The first-order valence-corrected chi connectivity index (χ1v) is 9.95. The van der Waals surface area contributed by atoms with Crippen LogP contribution in [0.4, 0.5) is 5.82 Å². The summed E-state index contributed by atoms with van der Waals surface area (Å²) in [6.45, 7) is 1.93. The van der Waals surface area contributed by atoms with E-state index in [9.17, 15) is 4.79 Å². The molecule has 0 bridgehead atoms. The van der Waals surface area contributed by atoms with Crippen LogP contribution in [0, 0.1) is 6.92 Å². The molecule has 0 spiro atoms. The van der Waals surface area contributed by atoms with Crippen molar-refractivity contribution in [1.29, 1.82) is 0 Å². The summed E-state index contributed by atoms with van der Waals surface area (Å²) in [5.74, 6) is 1.37. The number of hydrogen-bond donors (Lipinski definition) is 2. The maximum absolute atomic E-state index is 12.4. The third kappa shape index (κ3) is 2.74. The number of halogens is 1. The minimum absolute atomic E-state index is 0.0829. The smallest absolute Gasteiger partial charge is 0.235 e. The van der Waals surface area contributed by atoms with E-state index in [2.05, 4.69) is 30.4 Å². The van der Waals surface area contributed by atoms with Crippen molar-refractivity contribution >= 4 is 46.3 Å². The Kier molecular flexibility index (Phi) is 4.06. The number of thioether (sulfide) groups is 1. The molecule has 140 valence electrons. The highest BCUT2D eigenvalue weighted by molar-refractivity contribution is 8.00. The van der Waals surface area contributed by atoms with Crippen molar-refractivity contribution in [2.75, 3.05) is 11.1 Å². The number of H-pyrrole nitrogens is 1. The monoisotopic (exact) mass is 411 g/mol. The predicted octanol–water partition coefficient (Wildman–Crippen LogP) is 3.28. The minimum Gasteiger partial charge on any atom is -0.340 e. The SMILES string of the molecule is Cc1nn(-c2ncnc3nc[nH]c23)c2c1[C@@H](c1cccc(Cl)c1)SCC(=O)N2. The highest BCUT2D eigenvalue weighted by Gasteiger charge is 2.31. The fraction of sp³-hybridized carbons (Fsp3) is 0.167. The van der Waals surface area contributed by atoms with Crippen LogP contribution in [0.1, 0.15) is 22.1 Å². The number of carbonyl (C=O) groups excluding carboxylic acids is 1. The number of anilines is 1. The van der Waals surface area contributed by atoms with Gasteiger partial charge in [0.2, 0.25) is 5.91 Å². The summed E-state index contributed by atoms with van der Waals surface area (Å²) in [6.07, 6.45) is 2.99. The second kappa shape index (κ2) is 6.61. The van der Waals surface area contributed by atoms with E-state index in [1.165, 1.54) is 6.33 Å². The van der Waals surface area contributed by atoms with Crippen molar-refractivity contribution in [3.8, 4) is 5.82 Å². The first-order chi connectivity index (χ1) is 13.6. The first-order valence-electron chi connectivity index (χ1n) is 8.52. The van der Waals surface area contributed by atoms with Gasteiger partial charge in [-0.3, -0.25) is 4.79 Å². The first kappa shape index (κ1) is 17.2. The lowest BCUT2D eigenvalue weighted by Crippen LogP contribution is -2.16.